The van der Waals surface area contributed by atoms with Crippen molar-refractivity contribution in [1.29, 1.82) is 0 Å². The molecule has 7 nitrogen and oxygen atoms in total. The van der Waals surface area contributed by atoms with Gasteiger partial charge in [0.25, 0.3) is 0 Å². The maximum absolute atomic E-state index is 12.5. The molecular weight excluding hydrogens is 381 g/mol. The third kappa shape index (κ3) is 4.55. The predicted molar refractivity (Wildman–Crippen MR) is 99.2 cm³/mol. The lowest BCUT2D eigenvalue weighted by molar-refractivity contribution is -0.143. The molecule has 0 bridgehead atoms. The van der Waals surface area contributed by atoms with Gasteiger partial charge in [-0.05, 0) is 34.1 Å². The maximum Gasteiger partial charge on any atom is 0.410 e. The van der Waals surface area contributed by atoms with Crippen LogP contribution >= 0.6 is 23.2 Å². The van der Waals surface area contributed by atoms with Crippen molar-refractivity contribution >= 4 is 41.1 Å². The number of alkyl halides is 2. The molecule has 0 aromatic carbocycles. The second-order valence-corrected chi connectivity index (χ2v) is 9.71. The first-order chi connectivity index (χ1) is 11.8. The van der Waals surface area contributed by atoms with Crippen LogP contribution in [0.1, 0.15) is 34.1 Å². The molecule has 1 heterocycles. The fourth-order valence-corrected chi connectivity index (χ4v) is 3.59. The van der Waals surface area contributed by atoms with E-state index in [1.54, 1.807) is 23.8 Å². The minimum atomic E-state index is -1.06. The van der Waals surface area contributed by atoms with Crippen LogP contribution in [0.5, 0.6) is 0 Å². The number of halogens is 2. The van der Waals surface area contributed by atoms with Crippen molar-refractivity contribution in [2.45, 2.75) is 44.1 Å². The van der Waals surface area contributed by atoms with Crippen LogP contribution in [0, 0.1) is 5.41 Å². The largest absolute Gasteiger partial charge is 0.444 e. The Morgan fingerprint density at radius 3 is 1.96 bits per heavy atom. The molecule has 1 saturated carbocycles. The minimum Gasteiger partial charge on any atom is -0.444 e. The second-order valence-electron chi connectivity index (χ2n) is 8.22. The van der Waals surface area contributed by atoms with Crippen LogP contribution in [-0.4, -0.2) is 82.3 Å². The molecular formula is C17H27Cl2N3O4. The van der Waals surface area contributed by atoms with Gasteiger partial charge in [-0.1, -0.05) is 0 Å². The third-order valence-electron chi connectivity index (χ3n) is 4.73. The fraction of sp³-hybridized carbons (Fsp3) is 0.824. The molecule has 0 N–H and O–H groups in total. The first-order valence-electron chi connectivity index (χ1n) is 8.66. The van der Waals surface area contributed by atoms with Crippen molar-refractivity contribution in [3.05, 3.63) is 0 Å². The molecule has 26 heavy (non-hydrogen) atoms. The summed E-state index contributed by atoms with van der Waals surface area (Å²) < 4.78 is 4.28. The number of likely N-dealkylation sites (N-methyl/N-ethyl adjacent to an activating group) is 1. The van der Waals surface area contributed by atoms with Gasteiger partial charge in [0.1, 0.15) is 9.93 Å². The molecule has 1 aliphatic heterocycles. The van der Waals surface area contributed by atoms with Crippen molar-refractivity contribution in [2.75, 3.05) is 39.8 Å². The van der Waals surface area contributed by atoms with Crippen LogP contribution in [0.4, 0.5) is 4.79 Å². The van der Waals surface area contributed by atoms with Crippen LogP contribution in [0.3, 0.4) is 0 Å². The number of hydrogen-bond acceptors (Lipinski definition) is 4. The molecule has 0 aromatic heterocycles. The van der Waals surface area contributed by atoms with E-state index in [0.29, 0.717) is 32.6 Å². The summed E-state index contributed by atoms with van der Waals surface area (Å²) in [6, 6.07) is 0. The average Bonchev–Trinajstić information content (AvgIpc) is 3.04. The molecule has 0 spiro atoms. The zero-order chi connectivity index (χ0) is 19.9. The molecule has 3 amide bonds. The van der Waals surface area contributed by atoms with Crippen LogP contribution in [0.2, 0.25) is 0 Å². The molecule has 2 aliphatic rings. The molecule has 0 aromatic rings. The highest BCUT2D eigenvalue weighted by Gasteiger charge is 2.68. The summed E-state index contributed by atoms with van der Waals surface area (Å²) in [5.41, 5.74) is -1.38. The van der Waals surface area contributed by atoms with Crippen molar-refractivity contribution in [2.24, 2.45) is 5.41 Å². The van der Waals surface area contributed by atoms with E-state index in [9.17, 15) is 14.4 Å². The lowest BCUT2D eigenvalue weighted by Crippen LogP contribution is -2.53. The van der Waals surface area contributed by atoms with E-state index in [2.05, 4.69) is 0 Å². The van der Waals surface area contributed by atoms with E-state index >= 15 is 0 Å². The summed E-state index contributed by atoms with van der Waals surface area (Å²) in [5, 5.41) is 0. The Labute approximate surface area is 164 Å². The highest BCUT2D eigenvalue weighted by Crippen LogP contribution is 2.64. The normalized spacial score (nSPS) is 24.9. The highest BCUT2D eigenvalue weighted by atomic mass is 35.5. The van der Waals surface area contributed by atoms with Crippen molar-refractivity contribution in [1.82, 2.24) is 14.7 Å². The first-order valence-corrected chi connectivity index (χ1v) is 9.41. The van der Waals surface area contributed by atoms with Crippen LogP contribution in [-0.2, 0) is 14.3 Å². The molecule has 9 heteroatoms. The summed E-state index contributed by atoms with van der Waals surface area (Å²) >= 11 is 12.1. The van der Waals surface area contributed by atoms with Gasteiger partial charge in [0, 0.05) is 33.2 Å². The first kappa shape index (κ1) is 21.1. The monoisotopic (exact) mass is 407 g/mol. The molecule has 1 aliphatic carbocycles. The smallest absolute Gasteiger partial charge is 0.410 e. The van der Waals surface area contributed by atoms with Gasteiger partial charge in [-0.15, -0.1) is 23.2 Å². The van der Waals surface area contributed by atoms with Gasteiger partial charge in [-0.25, -0.2) is 4.79 Å². The average molecular weight is 408 g/mol. The predicted octanol–water partition coefficient (Wildman–Crippen LogP) is 2.11. The standard InChI is InChI=1S/C17H27Cl2N3O4/c1-15(2,3)26-14(25)22-8-6-21(7-9-22)12(23)10-20(5)13(24)16(4)11-17(16,18)19/h6-11H2,1-5H3. The Kier molecular flexibility index (Phi) is 5.74. The molecule has 1 unspecified atom stereocenters. The molecule has 2 fully saturated rings. The van der Waals surface area contributed by atoms with Gasteiger partial charge < -0.3 is 19.4 Å². The van der Waals surface area contributed by atoms with Crippen molar-refractivity contribution in [3.8, 4) is 0 Å². The van der Waals surface area contributed by atoms with Crippen molar-refractivity contribution in [3.63, 3.8) is 0 Å². The number of carbonyl (C=O) groups is 3. The number of hydrogen-bond donors (Lipinski definition) is 0. The van der Waals surface area contributed by atoms with Gasteiger partial charge in [-0.2, -0.15) is 0 Å². The lowest BCUT2D eigenvalue weighted by Gasteiger charge is -2.36. The molecule has 1 atom stereocenters. The number of ether oxygens (including phenoxy) is 1. The van der Waals surface area contributed by atoms with Crippen LogP contribution in [0.15, 0.2) is 0 Å². The quantitative estimate of drug-likeness (QED) is 0.671. The number of piperazine rings is 1. The Bertz CT molecular complexity index is 597. The van der Waals surface area contributed by atoms with E-state index in [1.807, 2.05) is 20.8 Å². The Morgan fingerprint density at radius 2 is 1.54 bits per heavy atom. The zero-order valence-corrected chi connectivity index (χ0v) is 17.5. The topological polar surface area (TPSA) is 70.2 Å². The lowest BCUT2D eigenvalue weighted by atomic mass is 10.1. The van der Waals surface area contributed by atoms with Crippen LogP contribution in [0.25, 0.3) is 0 Å². The van der Waals surface area contributed by atoms with Gasteiger partial charge in [-0.3, -0.25) is 9.59 Å². The zero-order valence-electron chi connectivity index (χ0n) is 16.0. The summed E-state index contributed by atoms with van der Waals surface area (Å²) in [6.45, 7) is 8.74. The number of rotatable bonds is 3. The second kappa shape index (κ2) is 7.08. The van der Waals surface area contributed by atoms with E-state index in [1.165, 1.54) is 4.90 Å². The Balaban J connectivity index is 1.81. The Hall–Kier alpha value is -1.21. The summed E-state index contributed by atoms with van der Waals surface area (Å²) in [4.78, 5) is 41.6. The highest BCUT2D eigenvalue weighted by molar-refractivity contribution is 6.53. The van der Waals surface area contributed by atoms with Gasteiger partial charge >= 0.3 is 6.09 Å². The molecule has 2 rings (SSSR count). The summed E-state index contributed by atoms with van der Waals surface area (Å²) in [7, 11) is 1.57. The van der Waals surface area contributed by atoms with E-state index in [0.717, 1.165) is 0 Å². The SMILES string of the molecule is CN(CC(=O)N1CCN(C(=O)OC(C)(C)C)CC1)C(=O)C1(C)CC1(Cl)Cl. The fourth-order valence-electron chi connectivity index (χ4n) is 2.89. The number of carbonyl (C=O) groups excluding carboxylic acids is 3. The maximum atomic E-state index is 12.5. The van der Waals surface area contributed by atoms with Crippen molar-refractivity contribution < 1.29 is 19.1 Å². The number of amides is 3. The third-order valence-corrected chi connectivity index (χ3v) is 5.83. The van der Waals surface area contributed by atoms with E-state index < -0.39 is 15.3 Å². The Morgan fingerprint density at radius 1 is 1.08 bits per heavy atom. The van der Waals surface area contributed by atoms with Crippen LogP contribution < -0.4 is 0 Å². The van der Waals surface area contributed by atoms with Gasteiger partial charge in [0.05, 0.1) is 12.0 Å². The van der Waals surface area contributed by atoms with E-state index in [4.69, 9.17) is 27.9 Å². The van der Waals surface area contributed by atoms with Gasteiger partial charge in [0.2, 0.25) is 11.8 Å². The van der Waals surface area contributed by atoms with E-state index in [-0.39, 0.29) is 24.5 Å². The minimum absolute atomic E-state index is 0.0370. The molecule has 148 valence electrons. The molecule has 1 saturated heterocycles. The summed E-state index contributed by atoms with van der Waals surface area (Å²) in [5.74, 6) is -0.396. The molecule has 0 radical (unpaired) electrons. The van der Waals surface area contributed by atoms with Gasteiger partial charge in [0.15, 0.2) is 0 Å². The summed E-state index contributed by atoms with van der Waals surface area (Å²) in [6.07, 6.45) is 0.00815. The number of nitrogens with zero attached hydrogens (tertiary/aromatic N) is 3.